The zero-order valence-electron chi connectivity index (χ0n) is 26.1. The molecule has 0 saturated carbocycles. The number of carbonyl (C=O) groups excluding carboxylic acids is 4. The molecule has 1 aliphatic heterocycles. The summed E-state index contributed by atoms with van der Waals surface area (Å²) in [6, 6.07) is 15.6. The lowest BCUT2D eigenvalue weighted by atomic mass is 10.0. The number of nitrogens with one attached hydrogen (secondary N) is 3. The highest BCUT2D eigenvalue weighted by Crippen LogP contribution is 2.25. The Labute approximate surface area is 275 Å². The molecule has 5 heterocycles. The van der Waals surface area contributed by atoms with Crippen LogP contribution < -0.4 is 15.4 Å². The molecular weight excluding hydrogens is 614 g/mol. The number of anilines is 1. The van der Waals surface area contributed by atoms with Gasteiger partial charge in [0.15, 0.2) is 6.29 Å². The van der Waals surface area contributed by atoms with E-state index in [0.29, 0.717) is 37.6 Å². The molecule has 1 saturated heterocycles. The van der Waals surface area contributed by atoms with E-state index in [1.165, 1.54) is 24.1 Å². The van der Waals surface area contributed by atoms with E-state index in [1.54, 1.807) is 24.7 Å². The highest BCUT2D eigenvalue weighted by atomic mass is 16.5. The van der Waals surface area contributed by atoms with E-state index in [1.807, 2.05) is 36.5 Å². The van der Waals surface area contributed by atoms with Gasteiger partial charge in [-0.25, -0.2) is 4.98 Å². The van der Waals surface area contributed by atoms with Gasteiger partial charge in [-0.3, -0.25) is 34.5 Å². The van der Waals surface area contributed by atoms with Crippen molar-refractivity contribution in [2.75, 3.05) is 38.7 Å². The van der Waals surface area contributed by atoms with Gasteiger partial charge < -0.3 is 24.7 Å². The number of imide groups is 1. The van der Waals surface area contributed by atoms with Gasteiger partial charge in [-0.1, -0.05) is 6.07 Å². The van der Waals surface area contributed by atoms with Gasteiger partial charge in [-0.05, 0) is 55.0 Å². The predicted molar refractivity (Wildman–Crippen MR) is 177 cm³/mol. The van der Waals surface area contributed by atoms with Crippen molar-refractivity contribution in [3.8, 4) is 28.3 Å². The Morgan fingerprint density at radius 1 is 1.00 bits per heavy atom. The molecule has 0 aliphatic carbocycles. The number of fused-ring (bicyclic) bond motifs is 1. The highest BCUT2D eigenvalue weighted by Gasteiger charge is 2.33. The van der Waals surface area contributed by atoms with Crippen LogP contribution in [0.5, 0.6) is 5.75 Å². The molecular formula is C35H33N7O6. The van der Waals surface area contributed by atoms with Crippen LogP contribution in [0.3, 0.4) is 0 Å². The Bertz CT molecular complexity index is 1910. The van der Waals surface area contributed by atoms with E-state index < -0.39 is 17.9 Å². The first-order valence-electron chi connectivity index (χ1n) is 15.4. The van der Waals surface area contributed by atoms with Crippen molar-refractivity contribution in [3.63, 3.8) is 0 Å². The van der Waals surface area contributed by atoms with E-state index >= 15 is 0 Å². The minimum atomic E-state index is -0.788. The van der Waals surface area contributed by atoms with E-state index in [4.69, 9.17) is 9.47 Å². The highest BCUT2D eigenvalue weighted by molar-refractivity contribution is 6.06. The molecule has 3 amide bonds. The number of hydrogen-bond donors (Lipinski definition) is 3. The van der Waals surface area contributed by atoms with E-state index in [-0.39, 0.29) is 36.5 Å². The maximum absolute atomic E-state index is 13.0. The summed E-state index contributed by atoms with van der Waals surface area (Å²) in [5.74, 6) is -0.273. The molecule has 244 valence electrons. The number of benzene rings is 1. The van der Waals surface area contributed by atoms with Crippen molar-refractivity contribution < 1.29 is 28.7 Å². The number of pyridine rings is 3. The van der Waals surface area contributed by atoms with Crippen molar-refractivity contribution in [2.45, 2.75) is 18.9 Å². The number of rotatable bonds is 13. The Hall–Kier alpha value is -5.95. The van der Waals surface area contributed by atoms with Gasteiger partial charge in [0.2, 0.25) is 11.8 Å². The number of aromatic nitrogens is 4. The zero-order valence-corrected chi connectivity index (χ0v) is 26.1. The third-order valence-electron chi connectivity index (χ3n) is 7.99. The average Bonchev–Trinajstić information content (AvgIpc) is 3.55. The fourth-order valence-corrected chi connectivity index (χ4v) is 5.38. The molecule has 6 rings (SSSR count). The second-order valence-corrected chi connectivity index (χ2v) is 11.1. The van der Waals surface area contributed by atoms with Crippen LogP contribution in [-0.2, 0) is 14.3 Å². The number of piperidine rings is 1. The number of H-pyrrole nitrogens is 1. The summed E-state index contributed by atoms with van der Waals surface area (Å²) in [4.78, 5) is 66.2. The van der Waals surface area contributed by atoms with Crippen LogP contribution >= 0.6 is 0 Å². The van der Waals surface area contributed by atoms with Gasteiger partial charge in [0.1, 0.15) is 24.2 Å². The van der Waals surface area contributed by atoms with E-state index in [9.17, 15) is 19.2 Å². The first-order valence-corrected chi connectivity index (χ1v) is 15.4. The molecule has 1 aromatic carbocycles. The number of likely N-dealkylation sites (N-methyl/N-ethyl adjacent to an activating group) is 1. The van der Waals surface area contributed by atoms with Crippen LogP contribution in [-0.4, -0.2) is 88.3 Å². The number of hydrogen-bond acceptors (Lipinski definition) is 10. The smallest absolute Gasteiger partial charge is 0.255 e. The van der Waals surface area contributed by atoms with Gasteiger partial charge in [0, 0.05) is 60.7 Å². The van der Waals surface area contributed by atoms with Crippen LogP contribution in [0.15, 0.2) is 79.4 Å². The monoisotopic (exact) mass is 647 g/mol. The first kappa shape index (κ1) is 32.0. The fourth-order valence-electron chi connectivity index (χ4n) is 5.38. The number of aldehydes is 1. The summed E-state index contributed by atoms with van der Waals surface area (Å²) in [6.07, 6.45) is 8.12. The standard InChI is InChI=1S/C35H33N7O6/c1-42(31-7-9-33(44)41-34(31)45)35(46)27-5-4-26(16-25(27)21-43)48-15-14-47-13-12-37-32-8-3-24(19-39-32)23-2-6-28(38-18-23)29-17-22-10-11-36-20-30(22)40-29/h2-6,8,10-11,16-21,31,40H,7,9,12-15H2,1H3,(H,37,39)(H,41,44,45). The Balaban J connectivity index is 0.915. The van der Waals surface area contributed by atoms with Crippen molar-refractivity contribution in [1.29, 1.82) is 0 Å². The largest absolute Gasteiger partial charge is 0.491 e. The van der Waals surface area contributed by atoms with Gasteiger partial charge in [0.25, 0.3) is 5.91 Å². The molecule has 1 atom stereocenters. The molecule has 5 aromatic rings. The summed E-state index contributed by atoms with van der Waals surface area (Å²) < 4.78 is 11.4. The van der Waals surface area contributed by atoms with Crippen molar-refractivity contribution in [3.05, 3.63) is 90.5 Å². The minimum absolute atomic E-state index is 0.136. The van der Waals surface area contributed by atoms with E-state index in [2.05, 4.69) is 36.6 Å². The van der Waals surface area contributed by atoms with Gasteiger partial charge >= 0.3 is 0 Å². The topological polar surface area (TPSA) is 168 Å². The summed E-state index contributed by atoms with van der Waals surface area (Å²) in [5, 5.41) is 6.55. The summed E-state index contributed by atoms with van der Waals surface area (Å²) >= 11 is 0. The molecule has 3 N–H and O–H groups in total. The lowest BCUT2D eigenvalue weighted by Crippen LogP contribution is -2.53. The molecule has 1 aliphatic rings. The van der Waals surface area contributed by atoms with Gasteiger partial charge in [-0.2, -0.15) is 0 Å². The second kappa shape index (κ2) is 14.6. The molecule has 0 spiro atoms. The van der Waals surface area contributed by atoms with Crippen LogP contribution in [0.2, 0.25) is 0 Å². The van der Waals surface area contributed by atoms with Crippen LogP contribution in [0, 0.1) is 0 Å². The predicted octanol–water partition coefficient (Wildman–Crippen LogP) is 3.88. The summed E-state index contributed by atoms with van der Waals surface area (Å²) in [7, 11) is 1.47. The minimum Gasteiger partial charge on any atom is -0.491 e. The maximum atomic E-state index is 13.0. The maximum Gasteiger partial charge on any atom is 0.255 e. The van der Waals surface area contributed by atoms with Gasteiger partial charge in [-0.15, -0.1) is 0 Å². The zero-order chi connectivity index (χ0) is 33.5. The normalized spacial score (nSPS) is 14.4. The summed E-state index contributed by atoms with van der Waals surface area (Å²) in [5.41, 5.74) is 4.93. The number of amides is 3. The molecule has 13 nitrogen and oxygen atoms in total. The molecule has 0 radical (unpaired) electrons. The molecule has 0 bridgehead atoms. The Kier molecular flexibility index (Phi) is 9.77. The van der Waals surface area contributed by atoms with Crippen molar-refractivity contribution in [1.82, 2.24) is 30.2 Å². The fraction of sp³-hybridized carbons (Fsp3) is 0.229. The molecule has 4 aromatic heterocycles. The number of aromatic amines is 1. The van der Waals surface area contributed by atoms with Crippen LogP contribution in [0.1, 0.15) is 33.6 Å². The Morgan fingerprint density at radius 2 is 1.83 bits per heavy atom. The van der Waals surface area contributed by atoms with Crippen molar-refractivity contribution >= 4 is 40.7 Å². The van der Waals surface area contributed by atoms with Gasteiger partial charge in [0.05, 0.1) is 41.9 Å². The molecule has 13 heteroatoms. The number of carbonyl (C=O) groups is 4. The first-order chi connectivity index (χ1) is 23.4. The third-order valence-corrected chi connectivity index (χ3v) is 7.99. The quantitative estimate of drug-likeness (QED) is 0.0969. The molecule has 48 heavy (non-hydrogen) atoms. The van der Waals surface area contributed by atoms with Crippen LogP contribution in [0.4, 0.5) is 5.82 Å². The van der Waals surface area contributed by atoms with Crippen molar-refractivity contribution in [2.24, 2.45) is 0 Å². The summed E-state index contributed by atoms with van der Waals surface area (Å²) in [6.45, 7) is 1.50. The average molecular weight is 648 g/mol. The third kappa shape index (κ3) is 7.37. The number of ether oxygens (including phenoxy) is 2. The Morgan fingerprint density at radius 3 is 2.56 bits per heavy atom. The lowest BCUT2D eigenvalue weighted by Gasteiger charge is -2.30. The van der Waals surface area contributed by atoms with E-state index in [0.717, 1.165) is 33.4 Å². The lowest BCUT2D eigenvalue weighted by molar-refractivity contribution is -0.136. The second-order valence-electron chi connectivity index (χ2n) is 11.1. The SMILES string of the molecule is CN(C(=O)c1ccc(OCCOCCNc2ccc(-c3ccc(-c4cc5ccncc5[nH]4)nc3)cn2)cc1C=O)C1CCC(=O)NC1=O. The molecule has 1 unspecified atom stereocenters. The van der Waals surface area contributed by atoms with Crippen LogP contribution in [0.25, 0.3) is 33.4 Å². The molecule has 1 fully saturated rings. The number of nitrogens with zero attached hydrogens (tertiary/aromatic N) is 4.